The number of benzene rings is 1. The second kappa shape index (κ2) is 5.62. The first-order chi connectivity index (χ1) is 8.70. The number of amides is 1. The lowest BCUT2D eigenvalue weighted by Gasteiger charge is -2.16. The Bertz CT molecular complexity index is 462. The second-order valence-corrected chi connectivity index (χ2v) is 4.19. The number of ether oxygens (including phenoxy) is 1. The summed E-state index contributed by atoms with van der Waals surface area (Å²) in [5, 5.41) is 2.74. The SMILES string of the molecule is O=Cc1cc(F)ccc1OC1CCCCNC1=O. The molecule has 1 unspecified atom stereocenters. The zero-order valence-electron chi connectivity index (χ0n) is 9.82. The van der Waals surface area contributed by atoms with E-state index >= 15 is 0 Å². The summed E-state index contributed by atoms with van der Waals surface area (Å²) in [5.74, 6) is -0.447. The molecule has 1 atom stereocenters. The quantitative estimate of drug-likeness (QED) is 0.832. The molecule has 1 aliphatic rings. The van der Waals surface area contributed by atoms with E-state index in [9.17, 15) is 14.0 Å². The van der Waals surface area contributed by atoms with Gasteiger partial charge in [-0.25, -0.2) is 4.39 Å². The van der Waals surface area contributed by atoms with E-state index in [1.807, 2.05) is 0 Å². The molecule has 1 amide bonds. The third kappa shape index (κ3) is 2.85. The molecule has 2 rings (SSSR count). The van der Waals surface area contributed by atoms with E-state index in [0.717, 1.165) is 18.9 Å². The van der Waals surface area contributed by atoms with E-state index in [2.05, 4.69) is 5.32 Å². The minimum absolute atomic E-state index is 0.118. The van der Waals surface area contributed by atoms with Gasteiger partial charge >= 0.3 is 0 Å². The molecule has 0 bridgehead atoms. The minimum atomic E-state index is -0.614. The lowest BCUT2D eigenvalue weighted by atomic mass is 10.1. The standard InChI is InChI=1S/C13H14FNO3/c14-10-4-5-11(9(7-10)8-16)18-12-3-1-2-6-15-13(12)17/h4-5,7-8,12H,1-3,6H2,(H,15,17). The van der Waals surface area contributed by atoms with Gasteiger partial charge in [0.25, 0.3) is 5.91 Å². The Balaban J connectivity index is 2.17. The van der Waals surface area contributed by atoms with Crippen LogP contribution in [-0.4, -0.2) is 24.8 Å². The van der Waals surface area contributed by atoms with Crippen LogP contribution in [0.25, 0.3) is 0 Å². The molecular formula is C13H14FNO3. The van der Waals surface area contributed by atoms with Gasteiger partial charge in [0.15, 0.2) is 12.4 Å². The predicted octanol–water partition coefficient (Wildman–Crippen LogP) is 1.69. The van der Waals surface area contributed by atoms with Gasteiger partial charge in [-0.3, -0.25) is 9.59 Å². The van der Waals surface area contributed by atoms with Gasteiger partial charge in [-0.2, -0.15) is 0 Å². The van der Waals surface area contributed by atoms with E-state index in [1.165, 1.54) is 12.1 Å². The molecule has 0 saturated carbocycles. The summed E-state index contributed by atoms with van der Waals surface area (Å²) in [5.41, 5.74) is 0.118. The zero-order chi connectivity index (χ0) is 13.0. The number of rotatable bonds is 3. The normalized spacial score (nSPS) is 19.8. The van der Waals surface area contributed by atoms with Crippen LogP contribution in [0.1, 0.15) is 29.6 Å². The maximum Gasteiger partial charge on any atom is 0.261 e. The van der Waals surface area contributed by atoms with Crippen LogP contribution in [-0.2, 0) is 4.79 Å². The Labute approximate surface area is 104 Å². The zero-order valence-corrected chi connectivity index (χ0v) is 9.82. The molecule has 5 heteroatoms. The van der Waals surface area contributed by atoms with Gasteiger partial charge in [-0.15, -0.1) is 0 Å². The van der Waals surface area contributed by atoms with Crippen molar-refractivity contribution in [2.45, 2.75) is 25.4 Å². The monoisotopic (exact) mass is 251 g/mol. The van der Waals surface area contributed by atoms with Crippen molar-refractivity contribution in [2.75, 3.05) is 6.54 Å². The molecule has 1 aromatic rings. The van der Waals surface area contributed by atoms with Crippen molar-refractivity contribution >= 4 is 12.2 Å². The van der Waals surface area contributed by atoms with Crippen LogP contribution in [0.4, 0.5) is 4.39 Å². The fourth-order valence-electron chi connectivity index (χ4n) is 1.90. The summed E-state index contributed by atoms with van der Waals surface area (Å²) < 4.78 is 18.5. The highest BCUT2D eigenvalue weighted by atomic mass is 19.1. The summed E-state index contributed by atoms with van der Waals surface area (Å²) in [6, 6.07) is 3.67. The number of hydrogen-bond acceptors (Lipinski definition) is 3. The Hall–Kier alpha value is -1.91. The molecule has 0 spiro atoms. The number of halogens is 1. The van der Waals surface area contributed by atoms with Gasteiger partial charge in [0, 0.05) is 6.54 Å². The van der Waals surface area contributed by atoms with Crippen molar-refractivity contribution in [3.05, 3.63) is 29.6 Å². The number of carbonyl (C=O) groups is 2. The molecule has 1 saturated heterocycles. The number of aldehydes is 1. The summed E-state index contributed by atoms with van der Waals surface area (Å²) in [6.45, 7) is 0.642. The first-order valence-electron chi connectivity index (χ1n) is 5.90. The summed E-state index contributed by atoms with van der Waals surface area (Å²) in [7, 11) is 0. The maximum absolute atomic E-state index is 13.0. The molecule has 0 radical (unpaired) electrons. The largest absolute Gasteiger partial charge is 0.480 e. The van der Waals surface area contributed by atoms with Crippen LogP contribution >= 0.6 is 0 Å². The predicted molar refractivity (Wildman–Crippen MR) is 63.1 cm³/mol. The minimum Gasteiger partial charge on any atom is -0.480 e. The first-order valence-corrected chi connectivity index (χ1v) is 5.90. The second-order valence-electron chi connectivity index (χ2n) is 4.19. The maximum atomic E-state index is 13.0. The topological polar surface area (TPSA) is 55.4 Å². The summed E-state index contributed by atoms with van der Waals surface area (Å²) >= 11 is 0. The van der Waals surface area contributed by atoms with Crippen molar-refractivity contribution in [2.24, 2.45) is 0 Å². The van der Waals surface area contributed by atoms with Crippen LogP contribution in [0.5, 0.6) is 5.75 Å². The highest BCUT2D eigenvalue weighted by molar-refractivity contribution is 5.83. The van der Waals surface area contributed by atoms with Crippen LogP contribution < -0.4 is 10.1 Å². The van der Waals surface area contributed by atoms with Crippen molar-refractivity contribution in [3.63, 3.8) is 0 Å². The molecule has 1 aromatic carbocycles. The molecule has 1 N–H and O–H groups in total. The van der Waals surface area contributed by atoms with E-state index in [-0.39, 0.29) is 17.2 Å². The fourth-order valence-corrected chi connectivity index (χ4v) is 1.90. The molecule has 1 aliphatic heterocycles. The van der Waals surface area contributed by atoms with Crippen molar-refractivity contribution in [1.29, 1.82) is 0 Å². The van der Waals surface area contributed by atoms with Crippen molar-refractivity contribution in [1.82, 2.24) is 5.32 Å². The Morgan fingerprint density at radius 3 is 3.00 bits per heavy atom. The van der Waals surface area contributed by atoms with Gasteiger partial charge < -0.3 is 10.1 Å². The van der Waals surface area contributed by atoms with Crippen molar-refractivity contribution < 1.29 is 18.7 Å². The first kappa shape index (κ1) is 12.5. The Kier molecular flexibility index (Phi) is 3.92. The summed E-state index contributed by atoms with van der Waals surface area (Å²) in [6.07, 6.45) is 2.29. The smallest absolute Gasteiger partial charge is 0.261 e. The number of nitrogens with one attached hydrogen (secondary N) is 1. The number of hydrogen-bond donors (Lipinski definition) is 1. The Morgan fingerprint density at radius 2 is 2.22 bits per heavy atom. The van der Waals surface area contributed by atoms with Gasteiger partial charge in [0.2, 0.25) is 0 Å². The molecule has 1 heterocycles. The van der Waals surface area contributed by atoms with E-state index in [1.54, 1.807) is 0 Å². The molecule has 4 nitrogen and oxygen atoms in total. The molecule has 0 aromatic heterocycles. The molecule has 0 aliphatic carbocycles. The average Bonchev–Trinajstić information content (AvgIpc) is 2.57. The van der Waals surface area contributed by atoms with E-state index in [0.29, 0.717) is 19.3 Å². The van der Waals surface area contributed by atoms with E-state index in [4.69, 9.17) is 4.74 Å². The highest BCUT2D eigenvalue weighted by Gasteiger charge is 2.23. The fraction of sp³-hybridized carbons (Fsp3) is 0.385. The summed E-state index contributed by atoms with van der Waals surface area (Å²) in [4.78, 5) is 22.5. The highest BCUT2D eigenvalue weighted by Crippen LogP contribution is 2.21. The van der Waals surface area contributed by atoms with Gasteiger partial charge in [0.1, 0.15) is 11.6 Å². The number of carbonyl (C=O) groups excluding carboxylic acids is 2. The van der Waals surface area contributed by atoms with Gasteiger partial charge in [-0.05, 0) is 37.5 Å². The lowest BCUT2D eigenvalue weighted by molar-refractivity contribution is -0.127. The van der Waals surface area contributed by atoms with Gasteiger partial charge in [0.05, 0.1) is 5.56 Å². The lowest BCUT2D eigenvalue weighted by Crippen LogP contribution is -2.36. The molecule has 18 heavy (non-hydrogen) atoms. The van der Waals surface area contributed by atoms with Crippen LogP contribution in [0.3, 0.4) is 0 Å². The molecule has 1 fully saturated rings. The van der Waals surface area contributed by atoms with Crippen LogP contribution in [0.2, 0.25) is 0 Å². The molecular weight excluding hydrogens is 237 g/mol. The van der Waals surface area contributed by atoms with E-state index < -0.39 is 11.9 Å². The third-order valence-corrected chi connectivity index (χ3v) is 2.85. The third-order valence-electron chi connectivity index (χ3n) is 2.85. The Morgan fingerprint density at radius 1 is 1.39 bits per heavy atom. The van der Waals surface area contributed by atoms with Gasteiger partial charge in [-0.1, -0.05) is 0 Å². The average molecular weight is 251 g/mol. The van der Waals surface area contributed by atoms with Crippen LogP contribution in [0, 0.1) is 5.82 Å². The van der Waals surface area contributed by atoms with Crippen molar-refractivity contribution in [3.8, 4) is 5.75 Å². The van der Waals surface area contributed by atoms with Crippen LogP contribution in [0.15, 0.2) is 18.2 Å². The molecule has 96 valence electrons.